The van der Waals surface area contributed by atoms with Gasteiger partial charge in [0.15, 0.2) is 0 Å². The monoisotopic (exact) mass is 274 g/mol. The Balaban J connectivity index is 1.64. The number of rotatable bonds is 4. The highest BCUT2D eigenvalue weighted by Gasteiger charge is 2.18. The number of nitrogens with zero attached hydrogens (tertiary/aromatic N) is 1. The molecule has 100 valence electrons. The van der Waals surface area contributed by atoms with Gasteiger partial charge in [0.1, 0.15) is 0 Å². The summed E-state index contributed by atoms with van der Waals surface area (Å²) in [6, 6.07) is 0.772. The minimum absolute atomic E-state index is 0.772. The molecule has 2 fully saturated rings. The summed E-state index contributed by atoms with van der Waals surface area (Å²) >= 11 is 4.18. The lowest BCUT2D eigenvalue weighted by Crippen LogP contribution is -2.40. The van der Waals surface area contributed by atoms with E-state index in [2.05, 4.69) is 40.0 Å². The van der Waals surface area contributed by atoms with Crippen LogP contribution in [0, 0.1) is 0 Å². The second-order valence-electron chi connectivity index (χ2n) is 5.14. The van der Waals surface area contributed by atoms with Gasteiger partial charge in [-0.05, 0) is 51.6 Å². The molecule has 4 heteroatoms. The Hall–Kier alpha value is 0.620. The van der Waals surface area contributed by atoms with Crippen molar-refractivity contribution in [3.63, 3.8) is 0 Å². The Bertz CT molecular complexity index is 208. The second-order valence-corrected chi connectivity index (χ2v) is 7.43. The summed E-state index contributed by atoms with van der Waals surface area (Å²) in [7, 11) is 0. The standard InChI is InChI=1S/C13H26N2S2/c1-16-13-3-2-7-15(9-5-13)8-4-12-11-17-10-6-14-12/h12-14H,2-11H2,1H3. The molecule has 0 aromatic carbocycles. The molecule has 0 amide bonds. The van der Waals surface area contributed by atoms with Crippen molar-refractivity contribution in [3.05, 3.63) is 0 Å². The van der Waals surface area contributed by atoms with Gasteiger partial charge in [-0.2, -0.15) is 23.5 Å². The summed E-state index contributed by atoms with van der Waals surface area (Å²) in [5, 5.41) is 4.56. The first-order valence-electron chi connectivity index (χ1n) is 6.95. The van der Waals surface area contributed by atoms with Crippen molar-refractivity contribution >= 4 is 23.5 Å². The molecule has 0 spiro atoms. The highest BCUT2D eigenvalue weighted by Crippen LogP contribution is 2.21. The van der Waals surface area contributed by atoms with Crippen molar-refractivity contribution in [2.75, 3.05) is 43.9 Å². The van der Waals surface area contributed by atoms with Crippen LogP contribution in [0.1, 0.15) is 25.7 Å². The first kappa shape index (κ1) is 14.0. The van der Waals surface area contributed by atoms with Crippen molar-refractivity contribution in [1.29, 1.82) is 0 Å². The second kappa shape index (κ2) is 7.93. The summed E-state index contributed by atoms with van der Waals surface area (Å²) in [6.07, 6.45) is 7.84. The first-order valence-corrected chi connectivity index (χ1v) is 9.39. The fourth-order valence-electron chi connectivity index (χ4n) is 2.73. The predicted molar refractivity (Wildman–Crippen MR) is 81.3 cm³/mol. The Morgan fingerprint density at radius 1 is 1.35 bits per heavy atom. The number of hydrogen-bond acceptors (Lipinski definition) is 4. The molecule has 2 nitrogen and oxygen atoms in total. The van der Waals surface area contributed by atoms with E-state index in [0.717, 1.165) is 11.3 Å². The summed E-state index contributed by atoms with van der Waals surface area (Å²) in [5.41, 5.74) is 0. The van der Waals surface area contributed by atoms with Crippen LogP contribution < -0.4 is 5.32 Å². The molecule has 2 heterocycles. The zero-order valence-electron chi connectivity index (χ0n) is 11.0. The Kier molecular flexibility index (Phi) is 6.54. The maximum absolute atomic E-state index is 3.64. The van der Waals surface area contributed by atoms with Gasteiger partial charge in [0.25, 0.3) is 0 Å². The van der Waals surface area contributed by atoms with Gasteiger partial charge in [0.05, 0.1) is 0 Å². The van der Waals surface area contributed by atoms with Gasteiger partial charge in [-0.15, -0.1) is 0 Å². The van der Waals surface area contributed by atoms with E-state index >= 15 is 0 Å². The van der Waals surface area contributed by atoms with E-state index in [-0.39, 0.29) is 0 Å². The molecule has 2 rings (SSSR count). The quantitative estimate of drug-likeness (QED) is 0.846. The van der Waals surface area contributed by atoms with Crippen LogP contribution in [0.5, 0.6) is 0 Å². The summed E-state index contributed by atoms with van der Waals surface area (Å²) in [4.78, 5) is 2.69. The SMILES string of the molecule is CSC1CCCN(CCC2CSCCN2)CC1. The van der Waals surface area contributed by atoms with Gasteiger partial charge in [-0.3, -0.25) is 0 Å². The largest absolute Gasteiger partial charge is 0.312 e. The Morgan fingerprint density at radius 3 is 3.06 bits per heavy atom. The van der Waals surface area contributed by atoms with Gasteiger partial charge in [0.2, 0.25) is 0 Å². The van der Waals surface area contributed by atoms with Gasteiger partial charge < -0.3 is 10.2 Å². The molecule has 0 bridgehead atoms. The van der Waals surface area contributed by atoms with E-state index in [0.29, 0.717) is 0 Å². The number of nitrogens with one attached hydrogen (secondary N) is 1. The lowest BCUT2D eigenvalue weighted by atomic mass is 10.2. The van der Waals surface area contributed by atoms with Crippen LogP contribution in [0.2, 0.25) is 0 Å². The highest BCUT2D eigenvalue weighted by molar-refractivity contribution is 7.99. The van der Waals surface area contributed by atoms with Gasteiger partial charge >= 0.3 is 0 Å². The summed E-state index contributed by atoms with van der Waals surface area (Å²) in [5.74, 6) is 2.62. The molecule has 17 heavy (non-hydrogen) atoms. The summed E-state index contributed by atoms with van der Waals surface area (Å²) in [6.45, 7) is 5.17. The number of thioether (sulfide) groups is 2. The van der Waals surface area contributed by atoms with E-state index < -0.39 is 0 Å². The van der Waals surface area contributed by atoms with Gasteiger partial charge in [-0.25, -0.2) is 0 Å². The Labute approximate surface area is 115 Å². The third kappa shape index (κ3) is 5.01. The molecular weight excluding hydrogens is 248 g/mol. The minimum Gasteiger partial charge on any atom is -0.312 e. The molecule has 0 saturated carbocycles. The first-order chi connectivity index (χ1) is 8.38. The molecule has 0 aromatic rings. The third-order valence-electron chi connectivity index (χ3n) is 3.89. The molecular formula is C13H26N2S2. The molecule has 2 aliphatic heterocycles. The van der Waals surface area contributed by atoms with Crippen molar-refractivity contribution in [3.8, 4) is 0 Å². The topological polar surface area (TPSA) is 15.3 Å². The van der Waals surface area contributed by atoms with Crippen LogP contribution in [0.25, 0.3) is 0 Å². The van der Waals surface area contributed by atoms with E-state index in [1.165, 1.54) is 63.4 Å². The molecule has 1 N–H and O–H groups in total. The van der Waals surface area contributed by atoms with E-state index in [4.69, 9.17) is 0 Å². The average molecular weight is 274 g/mol. The minimum atomic E-state index is 0.772. The number of hydrogen-bond donors (Lipinski definition) is 1. The zero-order chi connectivity index (χ0) is 11.9. The summed E-state index contributed by atoms with van der Waals surface area (Å²) < 4.78 is 0. The van der Waals surface area contributed by atoms with Crippen LogP contribution >= 0.6 is 23.5 Å². The average Bonchev–Trinajstić information content (AvgIpc) is 2.62. The number of likely N-dealkylation sites (tertiary alicyclic amines) is 1. The molecule has 0 aromatic heterocycles. The van der Waals surface area contributed by atoms with Gasteiger partial charge in [-0.1, -0.05) is 0 Å². The third-order valence-corrected chi connectivity index (χ3v) is 6.16. The fourth-order valence-corrected chi connectivity index (χ4v) is 4.47. The van der Waals surface area contributed by atoms with E-state index in [9.17, 15) is 0 Å². The van der Waals surface area contributed by atoms with E-state index in [1.807, 2.05) is 0 Å². The smallest absolute Gasteiger partial charge is 0.0170 e. The molecule has 2 aliphatic rings. The Morgan fingerprint density at radius 2 is 2.29 bits per heavy atom. The van der Waals surface area contributed by atoms with Crippen LogP contribution in [-0.2, 0) is 0 Å². The molecule has 0 radical (unpaired) electrons. The maximum atomic E-state index is 3.64. The maximum Gasteiger partial charge on any atom is 0.0170 e. The molecule has 2 unspecified atom stereocenters. The van der Waals surface area contributed by atoms with Crippen LogP contribution in [-0.4, -0.2) is 60.1 Å². The van der Waals surface area contributed by atoms with Crippen molar-refractivity contribution in [2.24, 2.45) is 0 Å². The van der Waals surface area contributed by atoms with E-state index in [1.54, 1.807) is 0 Å². The molecule has 2 atom stereocenters. The highest BCUT2D eigenvalue weighted by atomic mass is 32.2. The van der Waals surface area contributed by atoms with Crippen molar-refractivity contribution < 1.29 is 0 Å². The fraction of sp³-hybridized carbons (Fsp3) is 1.00. The van der Waals surface area contributed by atoms with Crippen LogP contribution in [0.3, 0.4) is 0 Å². The lowest BCUT2D eigenvalue weighted by molar-refractivity contribution is 0.269. The van der Waals surface area contributed by atoms with Crippen LogP contribution in [0.4, 0.5) is 0 Å². The van der Waals surface area contributed by atoms with Crippen LogP contribution in [0.15, 0.2) is 0 Å². The van der Waals surface area contributed by atoms with Gasteiger partial charge in [0, 0.05) is 29.3 Å². The normalized spacial score (nSPS) is 32.3. The van der Waals surface area contributed by atoms with Crippen molar-refractivity contribution in [1.82, 2.24) is 10.2 Å². The molecule has 0 aliphatic carbocycles. The predicted octanol–water partition coefficient (Wildman–Crippen LogP) is 2.30. The lowest BCUT2D eigenvalue weighted by Gasteiger charge is -2.27. The molecule has 2 saturated heterocycles. The van der Waals surface area contributed by atoms with Crippen molar-refractivity contribution in [2.45, 2.75) is 37.0 Å². The zero-order valence-corrected chi connectivity index (χ0v) is 12.6.